The molecule has 148 valence electrons. The largest absolute Gasteiger partial charge is 0.281 e. The molecule has 1 aliphatic rings. The highest BCUT2D eigenvalue weighted by Crippen LogP contribution is 2.26. The molecule has 8 nitrogen and oxygen atoms in total. The molecular weight excluding hydrogens is 364 g/mol. The van der Waals surface area contributed by atoms with Crippen molar-refractivity contribution in [3.63, 3.8) is 0 Å². The van der Waals surface area contributed by atoms with Crippen molar-refractivity contribution in [3.8, 4) is 11.3 Å². The number of aromatic nitrogens is 4. The third-order valence-electron chi connectivity index (χ3n) is 5.24. The van der Waals surface area contributed by atoms with Gasteiger partial charge in [-0.1, -0.05) is 0 Å². The number of rotatable bonds is 5. The van der Waals surface area contributed by atoms with Crippen molar-refractivity contribution in [2.24, 2.45) is 13.0 Å². The van der Waals surface area contributed by atoms with Crippen molar-refractivity contribution in [2.45, 2.75) is 33.1 Å². The smallest absolute Gasteiger partial charge is 0.272 e. The maximum atomic E-state index is 12.4. The Morgan fingerprint density at radius 2 is 1.96 bits per heavy atom. The first-order chi connectivity index (χ1) is 12.7. The average molecular weight is 393 g/mol. The predicted molar refractivity (Wildman–Crippen MR) is 104 cm³/mol. The first-order valence-corrected chi connectivity index (χ1v) is 10.6. The SMILES string of the molecule is Cc1nn(C)c(C)c1-c1cnc(CC2CCCN(S(=O)(=O)N(C)C)C2)cn1. The van der Waals surface area contributed by atoms with E-state index in [1.165, 1.54) is 4.31 Å². The number of piperidine rings is 1. The van der Waals surface area contributed by atoms with Crippen LogP contribution in [-0.4, -0.2) is 64.0 Å². The van der Waals surface area contributed by atoms with Crippen LogP contribution in [0, 0.1) is 19.8 Å². The molecule has 0 radical (unpaired) electrons. The van der Waals surface area contributed by atoms with Crippen LogP contribution in [0.4, 0.5) is 0 Å². The third kappa shape index (κ3) is 4.04. The van der Waals surface area contributed by atoms with E-state index in [4.69, 9.17) is 0 Å². The van der Waals surface area contributed by atoms with Crippen LogP contribution in [0.25, 0.3) is 11.3 Å². The standard InChI is InChI=1S/C18H28N6O2S/c1-13-18(14(2)23(5)21-13)17-11-19-16(10-20-17)9-15-7-6-8-24(12-15)27(25,26)22(3)4/h10-11,15H,6-9,12H2,1-5H3. The van der Waals surface area contributed by atoms with Gasteiger partial charge in [0.05, 0.1) is 23.3 Å². The minimum Gasteiger partial charge on any atom is -0.272 e. The summed E-state index contributed by atoms with van der Waals surface area (Å²) in [4.78, 5) is 9.17. The molecule has 27 heavy (non-hydrogen) atoms. The summed E-state index contributed by atoms with van der Waals surface area (Å²) in [7, 11) is 1.72. The van der Waals surface area contributed by atoms with E-state index in [0.29, 0.717) is 13.1 Å². The molecule has 3 heterocycles. The Morgan fingerprint density at radius 3 is 2.52 bits per heavy atom. The van der Waals surface area contributed by atoms with Gasteiger partial charge in [0.15, 0.2) is 0 Å². The molecule has 1 saturated heterocycles. The maximum absolute atomic E-state index is 12.4. The number of hydrogen-bond acceptors (Lipinski definition) is 5. The molecule has 0 amide bonds. The fourth-order valence-electron chi connectivity index (χ4n) is 3.66. The van der Waals surface area contributed by atoms with Gasteiger partial charge in [-0.3, -0.25) is 14.6 Å². The van der Waals surface area contributed by atoms with Crippen LogP contribution in [0.15, 0.2) is 12.4 Å². The highest BCUT2D eigenvalue weighted by atomic mass is 32.2. The highest BCUT2D eigenvalue weighted by molar-refractivity contribution is 7.86. The van der Waals surface area contributed by atoms with Crippen molar-refractivity contribution in [1.29, 1.82) is 0 Å². The van der Waals surface area contributed by atoms with Gasteiger partial charge in [-0.15, -0.1) is 0 Å². The lowest BCUT2D eigenvalue weighted by Gasteiger charge is -2.33. The molecular formula is C18H28N6O2S. The van der Waals surface area contributed by atoms with E-state index in [-0.39, 0.29) is 5.92 Å². The Hall–Kier alpha value is -1.84. The van der Waals surface area contributed by atoms with Gasteiger partial charge in [-0.2, -0.15) is 22.1 Å². The zero-order valence-corrected chi connectivity index (χ0v) is 17.5. The summed E-state index contributed by atoms with van der Waals surface area (Å²) in [5, 5.41) is 4.43. The van der Waals surface area contributed by atoms with Gasteiger partial charge >= 0.3 is 0 Å². The van der Waals surface area contributed by atoms with Gasteiger partial charge in [-0.05, 0) is 39.0 Å². The van der Waals surface area contributed by atoms with Crippen LogP contribution >= 0.6 is 0 Å². The Morgan fingerprint density at radius 1 is 1.22 bits per heavy atom. The van der Waals surface area contributed by atoms with Crippen molar-refractivity contribution < 1.29 is 8.42 Å². The second-order valence-corrected chi connectivity index (χ2v) is 9.57. The van der Waals surface area contributed by atoms with Gasteiger partial charge in [0.25, 0.3) is 10.2 Å². The fourth-order valence-corrected chi connectivity index (χ4v) is 4.88. The molecule has 0 aliphatic carbocycles. The molecule has 0 bridgehead atoms. The second-order valence-electron chi connectivity index (χ2n) is 7.42. The topological polar surface area (TPSA) is 84.2 Å². The number of aryl methyl sites for hydroxylation is 2. The molecule has 0 aromatic carbocycles. The van der Waals surface area contributed by atoms with Crippen molar-refractivity contribution in [1.82, 2.24) is 28.4 Å². The first kappa shape index (κ1) is 19.9. The third-order valence-corrected chi connectivity index (χ3v) is 7.14. The molecule has 0 spiro atoms. The summed E-state index contributed by atoms with van der Waals surface area (Å²) in [5.74, 6) is 0.260. The highest BCUT2D eigenvalue weighted by Gasteiger charge is 2.30. The molecule has 1 fully saturated rings. The van der Waals surface area contributed by atoms with Gasteiger partial charge in [0.1, 0.15) is 0 Å². The molecule has 0 N–H and O–H groups in total. The lowest BCUT2D eigenvalue weighted by atomic mass is 9.95. The lowest BCUT2D eigenvalue weighted by Crippen LogP contribution is -2.45. The van der Waals surface area contributed by atoms with Gasteiger partial charge in [-0.25, -0.2) is 0 Å². The van der Waals surface area contributed by atoms with Crippen molar-refractivity contribution in [3.05, 3.63) is 29.5 Å². The molecule has 2 aromatic rings. The Labute approximate surface area is 161 Å². The van der Waals surface area contributed by atoms with Crippen LogP contribution in [-0.2, 0) is 23.7 Å². The Bertz CT molecular complexity index is 905. The predicted octanol–water partition coefficient (Wildman–Crippen LogP) is 1.55. The van der Waals surface area contributed by atoms with Crippen LogP contribution in [0.3, 0.4) is 0 Å². The normalized spacial score (nSPS) is 19.0. The van der Waals surface area contributed by atoms with E-state index < -0.39 is 10.2 Å². The minimum atomic E-state index is -3.35. The minimum absolute atomic E-state index is 0.260. The van der Waals surface area contributed by atoms with Crippen LogP contribution in [0.2, 0.25) is 0 Å². The van der Waals surface area contributed by atoms with E-state index in [9.17, 15) is 8.42 Å². The summed E-state index contributed by atoms with van der Waals surface area (Å²) in [6.45, 7) is 5.11. The van der Waals surface area contributed by atoms with Gasteiger partial charge in [0.2, 0.25) is 0 Å². The molecule has 2 aromatic heterocycles. The summed E-state index contributed by atoms with van der Waals surface area (Å²) in [6.07, 6.45) is 6.21. The van der Waals surface area contributed by atoms with Crippen molar-refractivity contribution in [2.75, 3.05) is 27.2 Å². The van der Waals surface area contributed by atoms with Gasteiger partial charge in [0, 0.05) is 51.7 Å². The molecule has 1 unspecified atom stereocenters. The van der Waals surface area contributed by atoms with E-state index >= 15 is 0 Å². The van der Waals surface area contributed by atoms with E-state index in [2.05, 4.69) is 15.1 Å². The number of hydrogen-bond donors (Lipinski definition) is 0. The molecule has 9 heteroatoms. The summed E-state index contributed by atoms with van der Waals surface area (Å²) >= 11 is 0. The molecule has 3 rings (SSSR count). The van der Waals surface area contributed by atoms with E-state index in [1.807, 2.05) is 25.6 Å². The zero-order valence-electron chi connectivity index (χ0n) is 16.7. The first-order valence-electron chi connectivity index (χ1n) is 9.19. The summed E-state index contributed by atoms with van der Waals surface area (Å²) in [5.41, 5.74) is 4.74. The second kappa shape index (κ2) is 7.65. The molecule has 1 aliphatic heterocycles. The van der Waals surface area contributed by atoms with Crippen LogP contribution < -0.4 is 0 Å². The monoisotopic (exact) mass is 392 g/mol. The Balaban J connectivity index is 1.71. The Kier molecular flexibility index (Phi) is 5.64. The number of nitrogens with zero attached hydrogens (tertiary/aromatic N) is 6. The summed E-state index contributed by atoms with van der Waals surface area (Å²) < 4.78 is 29.4. The molecule has 0 saturated carbocycles. The van der Waals surface area contributed by atoms with Crippen LogP contribution in [0.5, 0.6) is 0 Å². The van der Waals surface area contributed by atoms with Crippen molar-refractivity contribution >= 4 is 10.2 Å². The fraction of sp³-hybridized carbons (Fsp3) is 0.611. The quantitative estimate of drug-likeness (QED) is 0.771. The average Bonchev–Trinajstić information content (AvgIpc) is 2.88. The van der Waals surface area contributed by atoms with Crippen LogP contribution in [0.1, 0.15) is 29.9 Å². The maximum Gasteiger partial charge on any atom is 0.281 e. The summed E-state index contributed by atoms with van der Waals surface area (Å²) in [6, 6.07) is 0. The van der Waals surface area contributed by atoms with E-state index in [0.717, 1.165) is 47.6 Å². The molecule has 1 atom stereocenters. The lowest BCUT2D eigenvalue weighted by molar-refractivity contribution is 0.253. The van der Waals surface area contributed by atoms with Gasteiger partial charge < -0.3 is 0 Å². The zero-order chi connectivity index (χ0) is 19.8. The van der Waals surface area contributed by atoms with E-state index in [1.54, 1.807) is 30.8 Å².